The average molecular weight is 344 g/mol. The number of imide groups is 1. The number of amides is 2. The highest BCUT2D eigenvalue weighted by Crippen LogP contribution is 2.31. The van der Waals surface area contributed by atoms with E-state index in [2.05, 4.69) is 0 Å². The van der Waals surface area contributed by atoms with Gasteiger partial charge >= 0.3 is 5.97 Å². The van der Waals surface area contributed by atoms with Gasteiger partial charge in [0.1, 0.15) is 0 Å². The SMILES string of the molecule is COC(=O)C1C(=O)N(Cc2ccc(Cl)cc2)C(=O)c2ccccc21. The van der Waals surface area contributed by atoms with E-state index in [9.17, 15) is 14.4 Å². The number of fused-ring (bicyclic) bond motifs is 1. The van der Waals surface area contributed by atoms with E-state index in [-0.39, 0.29) is 6.54 Å². The van der Waals surface area contributed by atoms with Crippen LogP contribution in [0, 0.1) is 0 Å². The van der Waals surface area contributed by atoms with Gasteiger partial charge < -0.3 is 4.74 Å². The first kappa shape index (κ1) is 16.2. The Labute approximate surface area is 143 Å². The van der Waals surface area contributed by atoms with Crippen molar-refractivity contribution in [2.75, 3.05) is 7.11 Å². The minimum absolute atomic E-state index is 0.0661. The second-order valence-corrected chi connectivity index (χ2v) is 5.84. The number of halogens is 1. The van der Waals surface area contributed by atoms with Gasteiger partial charge in [0.15, 0.2) is 5.92 Å². The number of benzene rings is 2. The van der Waals surface area contributed by atoms with Gasteiger partial charge in [0.05, 0.1) is 13.7 Å². The van der Waals surface area contributed by atoms with E-state index in [1.807, 2.05) is 0 Å². The maximum Gasteiger partial charge on any atom is 0.322 e. The van der Waals surface area contributed by atoms with E-state index in [1.165, 1.54) is 7.11 Å². The zero-order valence-electron chi connectivity index (χ0n) is 12.9. The second-order valence-electron chi connectivity index (χ2n) is 5.40. The summed E-state index contributed by atoms with van der Waals surface area (Å²) in [6, 6.07) is 13.4. The number of rotatable bonds is 3. The lowest BCUT2D eigenvalue weighted by Crippen LogP contribution is -2.46. The van der Waals surface area contributed by atoms with Crippen LogP contribution in [0.5, 0.6) is 0 Å². The van der Waals surface area contributed by atoms with E-state index in [0.29, 0.717) is 16.1 Å². The monoisotopic (exact) mass is 343 g/mol. The molecule has 0 bridgehead atoms. The van der Waals surface area contributed by atoms with Gasteiger partial charge in [-0.2, -0.15) is 0 Å². The summed E-state index contributed by atoms with van der Waals surface area (Å²) in [4.78, 5) is 38.6. The summed E-state index contributed by atoms with van der Waals surface area (Å²) in [7, 11) is 1.22. The van der Waals surface area contributed by atoms with E-state index in [0.717, 1.165) is 10.5 Å². The molecule has 0 fully saturated rings. The predicted octanol–water partition coefficient (Wildman–Crippen LogP) is 2.78. The van der Waals surface area contributed by atoms with Crippen LogP contribution in [-0.4, -0.2) is 29.8 Å². The summed E-state index contributed by atoms with van der Waals surface area (Å²) in [5.41, 5.74) is 1.46. The van der Waals surface area contributed by atoms with Crippen LogP contribution < -0.4 is 0 Å². The van der Waals surface area contributed by atoms with Crippen molar-refractivity contribution in [3.63, 3.8) is 0 Å². The van der Waals surface area contributed by atoms with Gasteiger partial charge in [-0.05, 0) is 29.3 Å². The first-order valence-electron chi connectivity index (χ1n) is 7.30. The normalized spacial score (nSPS) is 16.8. The fraction of sp³-hybridized carbons (Fsp3) is 0.167. The number of hydrogen-bond acceptors (Lipinski definition) is 4. The third kappa shape index (κ3) is 2.78. The molecule has 0 radical (unpaired) electrons. The Morgan fingerprint density at radius 2 is 1.79 bits per heavy atom. The summed E-state index contributed by atoms with van der Waals surface area (Å²) in [6.45, 7) is 0.0661. The number of hydrogen-bond donors (Lipinski definition) is 0. The summed E-state index contributed by atoms with van der Waals surface area (Å²) in [6.07, 6.45) is 0. The molecule has 2 aromatic rings. The summed E-state index contributed by atoms with van der Waals surface area (Å²) >= 11 is 5.85. The lowest BCUT2D eigenvalue weighted by molar-refractivity contribution is -0.149. The van der Waals surface area contributed by atoms with E-state index in [4.69, 9.17) is 16.3 Å². The first-order valence-corrected chi connectivity index (χ1v) is 7.67. The quantitative estimate of drug-likeness (QED) is 0.488. The molecule has 0 aliphatic carbocycles. The minimum atomic E-state index is -1.13. The summed E-state index contributed by atoms with van der Waals surface area (Å²) < 4.78 is 4.75. The van der Waals surface area contributed by atoms with Gasteiger partial charge in [0.2, 0.25) is 5.91 Å². The average Bonchev–Trinajstić information content (AvgIpc) is 2.60. The van der Waals surface area contributed by atoms with Crippen molar-refractivity contribution in [2.24, 2.45) is 0 Å². The molecule has 0 saturated heterocycles. The van der Waals surface area contributed by atoms with Crippen molar-refractivity contribution in [3.8, 4) is 0 Å². The van der Waals surface area contributed by atoms with Gasteiger partial charge in [-0.25, -0.2) is 0 Å². The highest BCUT2D eigenvalue weighted by atomic mass is 35.5. The molecular weight excluding hydrogens is 330 g/mol. The molecule has 24 heavy (non-hydrogen) atoms. The van der Waals surface area contributed by atoms with Crippen LogP contribution in [0.1, 0.15) is 27.4 Å². The summed E-state index contributed by atoms with van der Waals surface area (Å²) in [5, 5.41) is 0.563. The molecule has 1 atom stereocenters. The smallest absolute Gasteiger partial charge is 0.322 e. The molecule has 1 aliphatic rings. The predicted molar refractivity (Wildman–Crippen MR) is 87.5 cm³/mol. The molecule has 1 aliphatic heterocycles. The maximum absolute atomic E-state index is 12.7. The van der Waals surface area contributed by atoms with Gasteiger partial charge in [-0.3, -0.25) is 19.3 Å². The molecule has 1 heterocycles. The zero-order valence-corrected chi connectivity index (χ0v) is 13.6. The fourth-order valence-corrected chi connectivity index (χ4v) is 2.87. The molecule has 5 nitrogen and oxygen atoms in total. The summed E-state index contributed by atoms with van der Waals surface area (Å²) in [5.74, 6) is -2.82. The van der Waals surface area contributed by atoms with Crippen LogP contribution in [0.4, 0.5) is 0 Å². The largest absolute Gasteiger partial charge is 0.468 e. The lowest BCUT2D eigenvalue weighted by Gasteiger charge is -2.31. The third-order valence-electron chi connectivity index (χ3n) is 3.95. The standard InChI is InChI=1S/C18H14ClNO4/c1-24-18(23)15-13-4-2-3-5-14(13)16(21)20(17(15)22)10-11-6-8-12(19)9-7-11/h2-9,15H,10H2,1H3. The Hall–Kier alpha value is -2.66. The van der Waals surface area contributed by atoms with Crippen LogP contribution in [0.2, 0.25) is 5.02 Å². The van der Waals surface area contributed by atoms with Crippen molar-refractivity contribution < 1.29 is 19.1 Å². The highest BCUT2D eigenvalue weighted by molar-refractivity contribution is 6.30. The molecule has 1 unspecified atom stereocenters. The van der Waals surface area contributed by atoms with Crippen molar-refractivity contribution in [2.45, 2.75) is 12.5 Å². The molecule has 0 saturated carbocycles. The van der Waals surface area contributed by atoms with Gasteiger partial charge in [-0.15, -0.1) is 0 Å². The van der Waals surface area contributed by atoms with Crippen molar-refractivity contribution in [1.82, 2.24) is 4.90 Å². The number of carbonyl (C=O) groups excluding carboxylic acids is 3. The van der Waals surface area contributed by atoms with Crippen LogP contribution >= 0.6 is 11.6 Å². The molecule has 122 valence electrons. The fourth-order valence-electron chi connectivity index (χ4n) is 2.75. The van der Waals surface area contributed by atoms with Crippen LogP contribution in [0.25, 0.3) is 0 Å². The Bertz CT molecular complexity index is 816. The number of esters is 1. The Kier molecular flexibility index (Phi) is 4.36. The highest BCUT2D eigenvalue weighted by Gasteiger charge is 2.43. The minimum Gasteiger partial charge on any atom is -0.468 e. The van der Waals surface area contributed by atoms with E-state index in [1.54, 1.807) is 48.5 Å². The van der Waals surface area contributed by atoms with Crippen molar-refractivity contribution in [3.05, 3.63) is 70.2 Å². The Balaban J connectivity index is 2.01. The third-order valence-corrected chi connectivity index (χ3v) is 4.20. The van der Waals surface area contributed by atoms with Gasteiger partial charge in [-0.1, -0.05) is 41.9 Å². The van der Waals surface area contributed by atoms with Crippen LogP contribution in [0.15, 0.2) is 48.5 Å². The van der Waals surface area contributed by atoms with E-state index >= 15 is 0 Å². The first-order chi connectivity index (χ1) is 11.5. The maximum atomic E-state index is 12.7. The Morgan fingerprint density at radius 1 is 1.12 bits per heavy atom. The molecule has 0 aromatic heterocycles. The molecule has 2 aromatic carbocycles. The number of nitrogens with zero attached hydrogens (tertiary/aromatic N) is 1. The van der Waals surface area contributed by atoms with Crippen LogP contribution in [0.3, 0.4) is 0 Å². The molecule has 3 rings (SSSR count). The lowest BCUT2D eigenvalue weighted by atomic mass is 9.88. The molecule has 6 heteroatoms. The number of methoxy groups -OCH3 is 1. The van der Waals surface area contributed by atoms with Gasteiger partial charge in [0.25, 0.3) is 5.91 Å². The molecule has 0 spiro atoms. The zero-order chi connectivity index (χ0) is 17.3. The van der Waals surface area contributed by atoms with Gasteiger partial charge in [0, 0.05) is 10.6 Å². The molecule has 2 amide bonds. The van der Waals surface area contributed by atoms with Crippen LogP contribution in [-0.2, 0) is 20.9 Å². The molecular formula is C18H14ClNO4. The van der Waals surface area contributed by atoms with Crippen molar-refractivity contribution >= 4 is 29.4 Å². The number of carbonyl (C=O) groups is 3. The number of ether oxygens (including phenoxy) is 1. The molecule has 0 N–H and O–H groups in total. The Morgan fingerprint density at radius 3 is 2.46 bits per heavy atom. The van der Waals surface area contributed by atoms with E-state index < -0.39 is 23.7 Å². The van der Waals surface area contributed by atoms with Crippen molar-refractivity contribution in [1.29, 1.82) is 0 Å². The topological polar surface area (TPSA) is 63.7 Å². The second kappa shape index (κ2) is 6.45.